The first-order valence-corrected chi connectivity index (χ1v) is 26.2. The van der Waals surface area contributed by atoms with Crippen LogP contribution >= 0.6 is 0 Å². The van der Waals surface area contributed by atoms with Crippen LogP contribution < -0.4 is 0 Å². The van der Waals surface area contributed by atoms with Gasteiger partial charge in [-0.2, -0.15) is 0 Å². The minimum atomic E-state index is -1.88. The van der Waals surface area contributed by atoms with Gasteiger partial charge in [0.2, 0.25) is 0 Å². The molecule has 0 N–H and O–H groups in total. The van der Waals surface area contributed by atoms with E-state index in [1.807, 2.05) is 0 Å². The van der Waals surface area contributed by atoms with Crippen molar-refractivity contribution in [2.75, 3.05) is 6.61 Å². The molecule has 326 valence electrons. The van der Waals surface area contributed by atoms with Crippen molar-refractivity contribution < 1.29 is 47.1 Å². The Morgan fingerprint density at radius 3 is 2.26 bits per heavy atom. The second kappa shape index (κ2) is 16.0. The summed E-state index contributed by atoms with van der Waals surface area (Å²) in [6.07, 6.45) is 8.52. The van der Waals surface area contributed by atoms with Gasteiger partial charge < -0.3 is 42.3 Å². The smallest absolute Gasteiger partial charge is 0.191 e. The zero-order chi connectivity index (χ0) is 40.9. The topological polar surface area (TPSA) is 100 Å². The van der Waals surface area contributed by atoms with E-state index in [2.05, 4.69) is 67.8 Å². The molecule has 0 aromatic carbocycles. The number of carbonyl (C=O) groups is 1. The molecule has 0 saturated carbocycles. The molecule has 11 heteroatoms. The van der Waals surface area contributed by atoms with E-state index in [-0.39, 0.29) is 108 Å². The van der Waals surface area contributed by atoms with E-state index in [0.29, 0.717) is 31.1 Å². The molecule has 10 fully saturated rings. The largest absolute Gasteiger partial charge is 0.417 e. The monoisotopic (exact) mass is 827 g/mol. The molecule has 10 nitrogen and oxygen atoms in total. The summed E-state index contributed by atoms with van der Waals surface area (Å²) in [6.45, 7) is 28.2. The van der Waals surface area contributed by atoms with Crippen molar-refractivity contribution in [3.8, 4) is 0 Å². The summed E-state index contributed by atoms with van der Waals surface area (Å²) >= 11 is 0. The molecule has 0 aromatic heterocycles. The number of carbonyl (C=O) groups excluding carboxylic acids is 1. The van der Waals surface area contributed by atoms with Gasteiger partial charge in [0.05, 0.1) is 54.9 Å². The van der Waals surface area contributed by atoms with E-state index in [9.17, 15) is 4.79 Å². The Bertz CT molecular complexity index is 1560. The molecule has 0 radical (unpaired) electrons. The Morgan fingerprint density at radius 1 is 0.759 bits per heavy atom. The second-order valence-corrected chi connectivity index (χ2v) is 26.7. The SMILES string of the molecule is C=C1CC2CC[C@@]34C[C@H]5O[C@H]6[C@@H](O3)[C@H]3O[C@H](CC[C@@H]3O[C@H]6C5O4)CC(=O)C[C@H]3C(C[C@H]4O[C@@H](CCC1O2)C[C@@H](C)C4=C)O[C@H](C[C@H](C)CO[Si](C)(C)C(C)(C)C)[C@@H]3C. The molecular formula is C47H74O10Si. The predicted octanol–water partition coefficient (Wildman–Crippen LogP) is 8.40. The van der Waals surface area contributed by atoms with Crippen molar-refractivity contribution in [1.29, 1.82) is 0 Å². The highest BCUT2D eigenvalue weighted by atomic mass is 28.4. The lowest BCUT2D eigenvalue weighted by Gasteiger charge is -2.47. The number of hydrogen-bond acceptors (Lipinski definition) is 10. The maximum absolute atomic E-state index is 14.3. The van der Waals surface area contributed by atoms with Crippen molar-refractivity contribution in [3.63, 3.8) is 0 Å². The summed E-state index contributed by atoms with van der Waals surface area (Å²) < 4.78 is 61.6. The number of hydrogen-bond donors (Lipinski definition) is 0. The van der Waals surface area contributed by atoms with Crippen LogP contribution in [-0.2, 0) is 47.1 Å². The minimum absolute atomic E-state index is 0.0185. The van der Waals surface area contributed by atoms with Gasteiger partial charge in [0, 0.05) is 38.7 Å². The van der Waals surface area contributed by atoms with Gasteiger partial charge >= 0.3 is 0 Å². The third-order valence-corrected chi connectivity index (χ3v) is 21.1. The molecule has 19 atom stereocenters. The van der Waals surface area contributed by atoms with Crippen LogP contribution in [-0.4, -0.2) is 112 Å². The van der Waals surface area contributed by atoms with Crippen molar-refractivity contribution in [3.05, 3.63) is 24.3 Å². The quantitative estimate of drug-likeness (QED) is 0.199. The van der Waals surface area contributed by atoms with Crippen molar-refractivity contribution in [2.45, 2.75) is 234 Å². The molecule has 1 spiro atoms. The van der Waals surface area contributed by atoms with Crippen LogP contribution in [0, 0.1) is 23.7 Å². The number of ether oxygens (including phenoxy) is 8. The summed E-state index contributed by atoms with van der Waals surface area (Å²) in [5.41, 5.74) is 2.32. The molecule has 10 heterocycles. The molecule has 58 heavy (non-hydrogen) atoms. The first-order chi connectivity index (χ1) is 27.5. The van der Waals surface area contributed by atoms with Gasteiger partial charge in [-0.05, 0) is 104 Å². The standard InChI is InChI=1S/C47H74O10Si/c1-25(24-49-58(9,10)46(6,7)8)17-37-29(5)34-21-30(48)20-32-12-14-36-41(52-32)45-44-43(54-36)42-40(55-44)23-47(56-42,57-45)16-15-33-19-27(3)35(50-33)13-11-31-18-26(2)28(4)38(51-31)22-39(34)53-37/h25-26,29,31-45H,3-4,11-24H2,1-2,5-10H3/t25-,26+,29+,31-,32+,33?,34+,35?,36-,37+,38+,39?,40+,41-,42?,43-,44+,45-,47-/m0/s1. The third kappa shape index (κ3) is 8.07. The van der Waals surface area contributed by atoms with Gasteiger partial charge in [-0.3, -0.25) is 4.79 Å². The summed E-state index contributed by atoms with van der Waals surface area (Å²) in [5.74, 6) is 0.467. The number of fused-ring (bicyclic) bond motifs is 6. The minimum Gasteiger partial charge on any atom is -0.417 e. The van der Waals surface area contributed by atoms with Crippen molar-refractivity contribution >= 4 is 14.1 Å². The third-order valence-electron chi connectivity index (χ3n) is 16.6. The number of ketones is 1. The molecular weight excluding hydrogens is 753 g/mol. The predicted molar refractivity (Wildman–Crippen MR) is 222 cm³/mol. The van der Waals surface area contributed by atoms with Gasteiger partial charge in [-0.25, -0.2) is 0 Å². The molecule has 10 rings (SSSR count). The molecule has 10 saturated heterocycles. The Morgan fingerprint density at radius 2 is 1.47 bits per heavy atom. The summed E-state index contributed by atoms with van der Waals surface area (Å²) in [7, 11) is -1.88. The normalized spacial score (nSPS) is 48.8. The van der Waals surface area contributed by atoms with Crippen LogP contribution in [0.3, 0.4) is 0 Å². The molecule has 0 aromatic rings. The van der Waals surface area contributed by atoms with Gasteiger partial charge in [-0.15, -0.1) is 0 Å². The molecule has 10 aliphatic heterocycles. The van der Waals surface area contributed by atoms with E-state index in [1.165, 1.54) is 5.57 Å². The van der Waals surface area contributed by atoms with E-state index in [4.69, 9.17) is 42.3 Å². The van der Waals surface area contributed by atoms with E-state index < -0.39 is 14.1 Å². The van der Waals surface area contributed by atoms with Crippen LogP contribution in [0.25, 0.3) is 0 Å². The van der Waals surface area contributed by atoms with Crippen molar-refractivity contribution in [1.82, 2.24) is 0 Å². The fraction of sp³-hybridized carbons (Fsp3) is 0.894. The van der Waals surface area contributed by atoms with Gasteiger partial charge in [0.1, 0.15) is 36.3 Å². The van der Waals surface area contributed by atoms with E-state index in [0.717, 1.165) is 76.4 Å². The van der Waals surface area contributed by atoms with E-state index >= 15 is 0 Å². The Hall–Kier alpha value is -0.993. The fourth-order valence-corrected chi connectivity index (χ4v) is 13.1. The fourth-order valence-electron chi connectivity index (χ4n) is 11.9. The lowest BCUT2D eigenvalue weighted by Crippen LogP contribution is -2.61. The number of rotatable bonds is 5. The highest BCUT2D eigenvalue weighted by Crippen LogP contribution is 2.54. The van der Waals surface area contributed by atoms with Crippen LogP contribution in [0.5, 0.6) is 0 Å². The average Bonchev–Trinajstić information content (AvgIpc) is 3.82. The molecule has 12 bridgehead atoms. The lowest BCUT2D eigenvalue weighted by molar-refractivity contribution is -0.292. The number of Topliss-reactive ketones (excluding diaryl/α,β-unsaturated/α-hetero) is 1. The van der Waals surface area contributed by atoms with Gasteiger partial charge in [0.15, 0.2) is 14.1 Å². The summed E-state index contributed by atoms with van der Waals surface area (Å²) in [4.78, 5) is 14.3. The van der Waals surface area contributed by atoms with Crippen LogP contribution in [0.1, 0.15) is 125 Å². The first kappa shape index (κ1) is 42.3. The highest BCUT2D eigenvalue weighted by molar-refractivity contribution is 6.74. The summed E-state index contributed by atoms with van der Waals surface area (Å²) in [5, 5.41) is 0.162. The van der Waals surface area contributed by atoms with Crippen LogP contribution in [0.15, 0.2) is 24.3 Å². The van der Waals surface area contributed by atoms with Crippen LogP contribution in [0.2, 0.25) is 18.1 Å². The second-order valence-electron chi connectivity index (χ2n) is 21.9. The Kier molecular flexibility index (Phi) is 11.7. The maximum Gasteiger partial charge on any atom is 0.191 e. The molecule has 10 aliphatic rings. The van der Waals surface area contributed by atoms with E-state index in [1.54, 1.807) is 0 Å². The zero-order valence-electron chi connectivity index (χ0n) is 36.8. The zero-order valence-corrected chi connectivity index (χ0v) is 37.8. The summed E-state index contributed by atoms with van der Waals surface area (Å²) in [6, 6.07) is 0. The van der Waals surface area contributed by atoms with Crippen LogP contribution in [0.4, 0.5) is 0 Å². The van der Waals surface area contributed by atoms with Gasteiger partial charge in [-0.1, -0.05) is 54.7 Å². The average molecular weight is 827 g/mol. The Balaban J connectivity index is 0.953. The highest BCUT2D eigenvalue weighted by Gasteiger charge is 2.68. The molecule has 0 amide bonds. The molecule has 0 aliphatic carbocycles. The Labute approximate surface area is 349 Å². The first-order valence-electron chi connectivity index (χ1n) is 23.3. The van der Waals surface area contributed by atoms with Gasteiger partial charge in [0.25, 0.3) is 0 Å². The molecule has 4 unspecified atom stereocenters. The van der Waals surface area contributed by atoms with Crippen molar-refractivity contribution in [2.24, 2.45) is 23.7 Å². The maximum atomic E-state index is 14.3. The lowest BCUT2D eigenvalue weighted by atomic mass is 9.78.